The van der Waals surface area contributed by atoms with Crippen molar-refractivity contribution in [3.63, 3.8) is 0 Å². The van der Waals surface area contributed by atoms with Crippen LogP contribution in [0.2, 0.25) is 0 Å². The average molecular weight is 456 g/mol. The van der Waals surface area contributed by atoms with Crippen molar-refractivity contribution < 1.29 is 0 Å². The molecule has 2 aromatic rings. The Morgan fingerprint density at radius 2 is 2.08 bits per heavy atom. The molecule has 24 heavy (non-hydrogen) atoms. The molecule has 0 aliphatic carbocycles. The molecule has 0 spiro atoms. The van der Waals surface area contributed by atoms with Crippen LogP contribution >= 0.6 is 35.3 Å². The number of aliphatic imine (C=N–C) groups is 1. The second-order valence-corrected chi connectivity index (χ2v) is 6.72. The lowest BCUT2D eigenvalue weighted by atomic mass is 10.3. The summed E-state index contributed by atoms with van der Waals surface area (Å²) in [4.78, 5) is 8.43. The quantitative estimate of drug-likeness (QED) is 0.410. The molecular formula is C18H25IN4S. The van der Waals surface area contributed by atoms with Crippen LogP contribution in [0.15, 0.2) is 52.8 Å². The third-order valence-corrected chi connectivity index (χ3v) is 4.83. The average Bonchev–Trinajstić information content (AvgIpc) is 3.25. The van der Waals surface area contributed by atoms with Crippen molar-refractivity contribution in [3.8, 4) is 0 Å². The zero-order chi connectivity index (χ0) is 15.9. The van der Waals surface area contributed by atoms with Crippen LogP contribution in [-0.4, -0.2) is 31.6 Å². The van der Waals surface area contributed by atoms with Gasteiger partial charge < -0.3 is 15.5 Å². The van der Waals surface area contributed by atoms with Crippen LogP contribution in [-0.2, 0) is 6.54 Å². The number of thiophene rings is 1. The number of rotatable bonds is 5. The highest BCUT2D eigenvalue weighted by Gasteiger charge is 2.23. The molecule has 2 N–H and O–H groups in total. The van der Waals surface area contributed by atoms with Crippen LogP contribution < -0.4 is 15.5 Å². The van der Waals surface area contributed by atoms with Gasteiger partial charge in [-0.3, -0.25) is 0 Å². The topological polar surface area (TPSA) is 39.7 Å². The van der Waals surface area contributed by atoms with Crippen LogP contribution in [0.25, 0.3) is 0 Å². The summed E-state index contributed by atoms with van der Waals surface area (Å²) in [5.41, 5.74) is 1.30. The summed E-state index contributed by atoms with van der Waals surface area (Å²) in [6.07, 6.45) is 1.14. The Morgan fingerprint density at radius 1 is 1.25 bits per heavy atom. The molecule has 0 saturated carbocycles. The third kappa shape index (κ3) is 5.37. The first-order valence-corrected chi connectivity index (χ1v) is 9.10. The fraction of sp³-hybridized carbons (Fsp3) is 0.389. The Balaban J connectivity index is 0.00000208. The largest absolute Gasteiger partial charge is 0.369 e. The molecule has 0 bridgehead atoms. The second kappa shape index (κ2) is 9.88. The van der Waals surface area contributed by atoms with Crippen molar-refractivity contribution in [1.82, 2.24) is 10.6 Å². The first-order chi connectivity index (χ1) is 11.3. The van der Waals surface area contributed by atoms with Crippen molar-refractivity contribution in [2.75, 3.05) is 24.5 Å². The summed E-state index contributed by atoms with van der Waals surface area (Å²) in [7, 11) is 0. The second-order valence-electron chi connectivity index (χ2n) is 5.69. The number of hydrogen-bond acceptors (Lipinski definition) is 3. The van der Waals surface area contributed by atoms with Crippen molar-refractivity contribution in [1.29, 1.82) is 0 Å². The van der Waals surface area contributed by atoms with Gasteiger partial charge in [0.05, 0.1) is 6.54 Å². The molecule has 1 aromatic carbocycles. The van der Waals surface area contributed by atoms with E-state index in [4.69, 9.17) is 4.99 Å². The fourth-order valence-corrected chi connectivity index (χ4v) is 3.45. The molecule has 4 nitrogen and oxygen atoms in total. The van der Waals surface area contributed by atoms with Gasteiger partial charge in [-0.1, -0.05) is 24.3 Å². The molecule has 1 unspecified atom stereocenters. The molecule has 130 valence electrons. The first-order valence-electron chi connectivity index (χ1n) is 8.22. The maximum Gasteiger partial charge on any atom is 0.191 e. The maximum absolute atomic E-state index is 4.70. The number of benzene rings is 1. The third-order valence-electron chi connectivity index (χ3n) is 3.97. The summed E-state index contributed by atoms with van der Waals surface area (Å²) in [6.45, 7) is 5.83. The molecule has 1 atom stereocenters. The van der Waals surface area contributed by atoms with Gasteiger partial charge in [0.15, 0.2) is 5.96 Å². The van der Waals surface area contributed by atoms with Crippen molar-refractivity contribution in [2.45, 2.75) is 25.9 Å². The monoisotopic (exact) mass is 456 g/mol. The molecule has 3 rings (SSSR count). The predicted octanol–water partition coefficient (Wildman–Crippen LogP) is 3.70. The van der Waals surface area contributed by atoms with Gasteiger partial charge in [0.2, 0.25) is 0 Å². The Morgan fingerprint density at radius 3 is 2.79 bits per heavy atom. The Labute approximate surface area is 165 Å². The molecule has 0 radical (unpaired) electrons. The van der Waals surface area contributed by atoms with E-state index in [1.54, 1.807) is 11.3 Å². The van der Waals surface area contributed by atoms with Crippen LogP contribution in [0, 0.1) is 0 Å². The van der Waals surface area contributed by atoms with Gasteiger partial charge in [0.1, 0.15) is 0 Å². The molecule has 6 heteroatoms. The van der Waals surface area contributed by atoms with E-state index >= 15 is 0 Å². The predicted molar refractivity (Wildman–Crippen MR) is 115 cm³/mol. The summed E-state index contributed by atoms with van der Waals surface area (Å²) < 4.78 is 0. The van der Waals surface area contributed by atoms with Crippen LogP contribution in [0.1, 0.15) is 18.2 Å². The van der Waals surface area contributed by atoms with E-state index < -0.39 is 0 Å². The fourth-order valence-electron chi connectivity index (χ4n) is 2.82. The standard InChI is InChI=1S/C18H24N4S.HI/c1-2-19-18(20-13-17-9-6-12-23-17)21-15-10-11-22(14-15)16-7-4-3-5-8-16;/h3-9,12,15H,2,10-11,13-14H2,1H3,(H2,19,20,21);1H. The zero-order valence-corrected chi connectivity index (χ0v) is 17.1. The number of nitrogens with one attached hydrogen (secondary N) is 2. The smallest absolute Gasteiger partial charge is 0.191 e. The molecule has 1 fully saturated rings. The molecule has 1 saturated heterocycles. The van der Waals surface area contributed by atoms with Gasteiger partial charge in [0.25, 0.3) is 0 Å². The number of halogens is 1. The molecule has 1 aliphatic heterocycles. The molecule has 1 aliphatic rings. The van der Waals surface area contributed by atoms with Gasteiger partial charge in [-0.15, -0.1) is 35.3 Å². The number of anilines is 1. The summed E-state index contributed by atoms with van der Waals surface area (Å²) >= 11 is 1.75. The molecule has 2 heterocycles. The van der Waals surface area contributed by atoms with Gasteiger partial charge in [-0.25, -0.2) is 4.99 Å². The summed E-state index contributed by atoms with van der Waals surface area (Å²) in [5.74, 6) is 0.917. The minimum atomic E-state index is 0. The van der Waals surface area contributed by atoms with Crippen LogP contribution in [0.5, 0.6) is 0 Å². The van der Waals surface area contributed by atoms with E-state index in [1.807, 2.05) is 0 Å². The van der Waals surface area contributed by atoms with E-state index in [-0.39, 0.29) is 24.0 Å². The van der Waals surface area contributed by atoms with E-state index in [1.165, 1.54) is 10.6 Å². The van der Waals surface area contributed by atoms with Crippen molar-refractivity contribution >= 4 is 47.0 Å². The normalized spacial score (nSPS) is 17.5. The lowest BCUT2D eigenvalue weighted by molar-refractivity contribution is 0.649. The summed E-state index contributed by atoms with van der Waals surface area (Å²) in [6, 6.07) is 15.3. The molecule has 0 amide bonds. The highest BCUT2D eigenvalue weighted by Crippen LogP contribution is 2.19. The van der Waals surface area contributed by atoms with E-state index in [9.17, 15) is 0 Å². The van der Waals surface area contributed by atoms with E-state index in [0.717, 1.165) is 38.6 Å². The molecular weight excluding hydrogens is 431 g/mol. The Kier molecular flexibility index (Phi) is 7.84. The lowest BCUT2D eigenvalue weighted by Crippen LogP contribution is -2.44. The van der Waals surface area contributed by atoms with Gasteiger partial charge >= 0.3 is 0 Å². The van der Waals surface area contributed by atoms with Crippen molar-refractivity contribution in [2.24, 2.45) is 4.99 Å². The number of para-hydroxylation sites is 1. The molecule has 1 aromatic heterocycles. The SMILES string of the molecule is CCNC(=NCc1cccs1)NC1CCN(c2ccccc2)C1.I. The highest BCUT2D eigenvalue weighted by molar-refractivity contribution is 14.0. The van der Waals surface area contributed by atoms with Crippen LogP contribution in [0.3, 0.4) is 0 Å². The number of hydrogen-bond donors (Lipinski definition) is 2. The minimum Gasteiger partial charge on any atom is -0.369 e. The maximum atomic E-state index is 4.70. The van der Waals surface area contributed by atoms with E-state index in [0.29, 0.717) is 6.04 Å². The summed E-state index contributed by atoms with van der Waals surface area (Å²) in [5, 5.41) is 9.03. The first kappa shape index (κ1) is 19.1. The zero-order valence-electron chi connectivity index (χ0n) is 13.9. The van der Waals surface area contributed by atoms with Crippen LogP contribution in [0.4, 0.5) is 5.69 Å². The van der Waals surface area contributed by atoms with E-state index in [2.05, 4.69) is 70.3 Å². The van der Waals surface area contributed by atoms with Gasteiger partial charge in [-0.2, -0.15) is 0 Å². The number of nitrogens with zero attached hydrogens (tertiary/aromatic N) is 2. The van der Waals surface area contributed by atoms with Gasteiger partial charge in [-0.05, 0) is 36.9 Å². The Hall–Kier alpha value is -1.28. The van der Waals surface area contributed by atoms with Crippen molar-refractivity contribution in [3.05, 3.63) is 52.7 Å². The highest BCUT2D eigenvalue weighted by atomic mass is 127. The number of guanidine groups is 1. The minimum absolute atomic E-state index is 0. The Bertz CT molecular complexity index is 615. The van der Waals surface area contributed by atoms with Gasteiger partial charge in [0, 0.05) is 36.2 Å². The lowest BCUT2D eigenvalue weighted by Gasteiger charge is -2.20.